The molecule has 1 fully saturated rings. The molecule has 3 heteroatoms. The Labute approximate surface area is 78.8 Å². The Morgan fingerprint density at radius 2 is 2.15 bits per heavy atom. The lowest BCUT2D eigenvalue weighted by Gasteiger charge is -2.38. The summed E-state index contributed by atoms with van der Waals surface area (Å²) in [5.74, 6) is -0.652. The van der Waals surface area contributed by atoms with Crippen molar-refractivity contribution in [1.82, 2.24) is 0 Å². The van der Waals surface area contributed by atoms with Crippen LogP contribution in [0, 0.1) is 11.3 Å². The van der Waals surface area contributed by atoms with Gasteiger partial charge in [-0.15, -0.1) is 0 Å². The highest BCUT2D eigenvalue weighted by Crippen LogP contribution is 2.42. The molecule has 0 spiro atoms. The van der Waals surface area contributed by atoms with E-state index in [1.165, 1.54) is 0 Å². The minimum Gasteiger partial charge on any atom is -0.481 e. The summed E-state index contributed by atoms with van der Waals surface area (Å²) >= 11 is 0. The zero-order valence-corrected chi connectivity index (χ0v) is 8.29. The van der Waals surface area contributed by atoms with Crippen LogP contribution < -0.4 is 0 Å². The molecule has 1 aliphatic carbocycles. The van der Waals surface area contributed by atoms with Crippen LogP contribution in [0.15, 0.2) is 0 Å². The van der Waals surface area contributed by atoms with E-state index in [2.05, 4.69) is 0 Å². The minimum absolute atomic E-state index is 0.0972. The Kier molecular flexibility index (Phi) is 2.96. The van der Waals surface area contributed by atoms with Gasteiger partial charge in [-0.2, -0.15) is 0 Å². The largest absolute Gasteiger partial charge is 0.481 e. The number of carbonyl (C=O) groups is 1. The number of hydrogen-bond acceptors (Lipinski definition) is 2. The number of aliphatic hydroxyl groups is 1. The summed E-state index contributed by atoms with van der Waals surface area (Å²) < 4.78 is 0. The Balaban J connectivity index is 2.83. The molecule has 1 aliphatic rings. The summed E-state index contributed by atoms with van der Waals surface area (Å²) in [6.45, 7) is 3.85. The fourth-order valence-electron chi connectivity index (χ4n) is 2.24. The third-order valence-electron chi connectivity index (χ3n) is 3.29. The van der Waals surface area contributed by atoms with Crippen molar-refractivity contribution in [2.75, 3.05) is 0 Å². The van der Waals surface area contributed by atoms with Gasteiger partial charge < -0.3 is 10.2 Å². The highest BCUT2D eigenvalue weighted by atomic mass is 16.4. The molecule has 13 heavy (non-hydrogen) atoms. The molecular weight excluding hydrogens is 168 g/mol. The van der Waals surface area contributed by atoms with Crippen molar-refractivity contribution in [3.05, 3.63) is 0 Å². The summed E-state index contributed by atoms with van der Waals surface area (Å²) in [7, 11) is 0. The second-order valence-corrected chi connectivity index (χ2v) is 4.37. The van der Waals surface area contributed by atoms with Gasteiger partial charge in [0, 0.05) is 0 Å². The van der Waals surface area contributed by atoms with Crippen LogP contribution >= 0.6 is 0 Å². The van der Waals surface area contributed by atoms with Gasteiger partial charge in [0.2, 0.25) is 0 Å². The van der Waals surface area contributed by atoms with Crippen LogP contribution in [0.1, 0.15) is 39.5 Å². The second-order valence-electron chi connectivity index (χ2n) is 4.37. The van der Waals surface area contributed by atoms with Gasteiger partial charge in [-0.3, -0.25) is 4.79 Å². The van der Waals surface area contributed by atoms with E-state index in [4.69, 9.17) is 5.11 Å². The minimum atomic E-state index is -0.749. The van der Waals surface area contributed by atoms with E-state index >= 15 is 0 Å². The first-order valence-corrected chi connectivity index (χ1v) is 4.90. The Morgan fingerprint density at radius 1 is 1.54 bits per heavy atom. The number of hydrogen-bond donors (Lipinski definition) is 2. The van der Waals surface area contributed by atoms with Gasteiger partial charge in [-0.1, -0.05) is 13.8 Å². The van der Waals surface area contributed by atoms with E-state index in [-0.39, 0.29) is 5.92 Å². The molecule has 2 N–H and O–H groups in total. The molecule has 1 saturated carbocycles. The van der Waals surface area contributed by atoms with Gasteiger partial charge in [0.25, 0.3) is 0 Å². The van der Waals surface area contributed by atoms with Gasteiger partial charge in [0.15, 0.2) is 0 Å². The van der Waals surface area contributed by atoms with Crippen LogP contribution in [0.2, 0.25) is 0 Å². The van der Waals surface area contributed by atoms with Crippen LogP contribution in [0.5, 0.6) is 0 Å². The van der Waals surface area contributed by atoms with Gasteiger partial charge >= 0.3 is 5.97 Å². The second kappa shape index (κ2) is 3.66. The van der Waals surface area contributed by atoms with Crippen LogP contribution in [-0.2, 0) is 4.79 Å². The number of aliphatic carboxylic acids is 1. The zero-order chi connectivity index (χ0) is 10.1. The quantitative estimate of drug-likeness (QED) is 0.689. The maximum absolute atomic E-state index is 11.2. The normalized spacial score (nSPS) is 34.9. The van der Waals surface area contributed by atoms with Crippen molar-refractivity contribution < 1.29 is 15.0 Å². The van der Waals surface area contributed by atoms with Crippen molar-refractivity contribution in [2.45, 2.75) is 45.6 Å². The van der Waals surface area contributed by atoms with E-state index < -0.39 is 17.5 Å². The molecule has 76 valence electrons. The van der Waals surface area contributed by atoms with Gasteiger partial charge in [0.1, 0.15) is 0 Å². The lowest BCUT2D eigenvalue weighted by molar-refractivity contribution is -0.157. The third kappa shape index (κ3) is 1.85. The van der Waals surface area contributed by atoms with E-state index in [0.29, 0.717) is 12.8 Å². The molecule has 0 aromatic carbocycles. The van der Waals surface area contributed by atoms with Crippen molar-refractivity contribution >= 4 is 5.97 Å². The number of rotatable bonds is 2. The molecule has 0 aromatic rings. The summed E-state index contributed by atoms with van der Waals surface area (Å²) in [4.78, 5) is 11.2. The van der Waals surface area contributed by atoms with Gasteiger partial charge in [-0.25, -0.2) is 0 Å². The SMILES string of the molecule is CC(C)C1(C(=O)O)CCCC(O)C1. The fraction of sp³-hybridized carbons (Fsp3) is 0.900. The molecular formula is C10H18O3. The van der Waals surface area contributed by atoms with E-state index in [9.17, 15) is 9.90 Å². The molecule has 0 heterocycles. The molecule has 2 unspecified atom stereocenters. The average molecular weight is 186 g/mol. The first-order chi connectivity index (χ1) is 5.99. The van der Waals surface area contributed by atoms with Crippen molar-refractivity contribution in [2.24, 2.45) is 11.3 Å². The van der Waals surface area contributed by atoms with Gasteiger partial charge in [-0.05, 0) is 31.6 Å². The Morgan fingerprint density at radius 3 is 2.46 bits per heavy atom. The lowest BCUT2D eigenvalue weighted by Crippen LogP contribution is -2.42. The molecule has 2 atom stereocenters. The zero-order valence-electron chi connectivity index (χ0n) is 8.29. The average Bonchev–Trinajstić information content (AvgIpc) is 2.03. The Bertz CT molecular complexity index is 200. The maximum atomic E-state index is 11.2. The predicted octanol–water partition coefficient (Wildman–Crippen LogP) is 1.65. The third-order valence-corrected chi connectivity index (χ3v) is 3.29. The number of carboxylic acids is 1. The maximum Gasteiger partial charge on any atom is 0.309 e. The predicted molar refractivity (Wildman–Crippen MR) is 49.4 cm³/mol. The molecule has 0 amide bonds. The van der Waals surface area contributed by atoms with Crippen molar-refractivity contribution in [3.63, 3.8) is 0 Å². The number of carboxylic acid groups (broad SMARTS) is 1. The molecule has 0 radical (unpaired) electrons. The van der Waals surface area contributed by atoms with Crippen molar-refractivity contribution in [3.8, 4) is 0 Å². The summed E-state index contributed by atoms with van der Waals surface area (Å²) in [5, 5.41) is 18.6. The first kappa shape index (κ1) is 10.5. The molecule has 0 saturated heterocycles. The van der Waals surface area contributed by atoms with Crippen LogP contribution in [0.4, 0.5) is 0 Å². The van der Waals surface area contributed by atoms with Crippen LogP contribution in [0.3, 0.4) is 0 Å². The summed E-state index contributed by atoms with van der Waals surface area (Å²) in [6.07, 6.45) is 2.28. The molecule has 0 aliphatic heterocycles. The summed E-state index contributed by atoms with van der Waals surface area (Å²) in [5.41, 5.74) is -0.683. The van der Waals surface area contributed by atoms with Crippen LogP contribution in [-0.4, -0.2) is 22.3 Å². The Hall–Kier alpha value is -0.570. The van der Waals surface area contributed by atoms with Gasteiger partial charge in [0.05, 0.1) is 11.5 Å². The smallest absolute Gasteiger partial charge is 0.309 e. The van der Waals surface area contributed by atoms with E-state index in [0.717, 1.165) is 12.8 Å². The number of aliphatic hydroxyl groups excluding tert-OH is 1. The van der Waals surface area contributed by atoms with Crippen LogP contribution in [0.25, 0.3) is 0 Å². The van der Waals surface area contributed by atoms with E-state index in [1.807, 2.05) is 13.8 Å². The fourth-order valence-corrected chi connectivity index (χ4v) is 2.24. The van der Waals surface area contributed by atoms with Crippen molar-refractivity contribution in [1.29, 1.82) is 0 Å². The lowest BCUT2D eigenvalue weighted by atomic mass is 9.66. The topological polar surface area (TPSA) is 57.5 Å². The summed E-state index contributed by atoms with van der Waals surface area (Å²) in [6, 6.07) is 0. The molecule has 1 rings (SSSR count). The molecule has 0 aromatic heterocycles. The monoisotopic (exact) mass is 186 g/mol. The highest BCUT2D eigenvalue weighted by Gasteiger charge is 2.44. The standard InChI is InChI=1S/C10H18O3/c1-7(2)10(9(12)13)5-3-4-8(11)6-10/h7-8,11H,3-6H2,1-2H3,(H,12,13). The molecule has 3 nitrogen and oxygen atoms in total. The molecule has 0 bridgehead atoms. The highest BCUT2D eigenvalue weighted by molar-refractivity contribution is 5.75. The first-order valence-electron chi connectivity index (χ1n) is 4.90. The van der Waals surface area contributed by atoms with E-state index in [1.54, 1.807) is 0 Å².